The zero-order chi connectivity index (χ0) is 13.3. The molecule has 0 amide bonds. The van der Waals surface area contributed by atoms with E-state index in [9.17, 15) is 12.8 Å². The van der Waals surface area contributed by atoms with Crippen molar-refractivity contribution < 1.29 is 12.8 Å². The van der Waals surface area contributed by atoms with E-state index in [4.69, 9.17) is 5.14 Å². The molecule has 1 aromatic heterocycles. The SMILES string of the molecule is NS(=O)(=O)c1cn(Cc2cc(F)ccc2Br)cn1. The molecule has 0 aliphatic rings. The number of halogens is 2. The van der Waals surface area contributed by atoms with Gasteiger partial charge in [0.2, 0.25) is 0 Å². The molecule has 0 unspecified atom stereocenters. The Morgan fingerprint density at radius 2 is 2.17 bits per heavy atom. The van der Waals surface area contributed by atoms with Gasteiger partial charge < -0.3 is 4.57 Å². The van der Waals surface area contributed by atoms with Crippen molar-refractivity contribution in [2.45, 2.75) is 11.6 Å². The molecule has 0 spiro atoms. The van der Waals surface area contributed by atoms with Crippen LogP contribution in [-0.2, 0) is 16.6 Å². The van der Waals surface area contributed by atoms with E-state index in [1.54, 1.807) is 6.07 Å². The number of nitrogens with zero attached hydrogens (tertiary/aromatic N) is 2. The Balaban J connectivity index is 2.29. The van der Waals surface area contributed by atoms with Crippen molar-refractivity contribution in [2.75, 3.05) is 0 Å². The first-order chi connectivity index (χ1) is 8.36. The van der Waals surface area contributed by atoms with Crippen LogP contribution in [0, 0.1) is 5.82 Å². The van der Waals surface area contributed by atoms with Gasteiger partial charge in [0.15, 0.2) is 5.03 Å². The number of primary sulfonamides is 1. The van der Waals surface area contributed by atoms with Crippen molar-refractivity contribution in [3.8, 4) is 0 Å². The molecule has 2 N–H and O–H groups in total. The maximum Gasteiger partial charge on any atom is 0.257 e. The molecule has 2 rings (SSSR count). The van der Waals surface area contributed by atoms with Crippen LogP contribution in [0.15, 0.2) is 40.2 Å². The van der Waals surface area contributed by atoms with Crippen molar-refractivity contribution in [3.05, 3.63) is 46.6 Å². The Morgan fingerprint density at radius 1 is 1.44 bits per heavy atom. The van der Waals surface area contributed by atoms with Gasteiger partial charge in [-0.15, -0.1) is 0 Å². The van der Waals surface area contributed by atoms with Crippen molar-refractivity contribution in [1.82, 2.24) is 9.55 Å². The van der Waals surface area contributed by atoms with Crippen LogP contribution < -0.4 is 5.14 Å². The van der Waals surface area contributed by atoms with Crippen LogP contribution in [-0.4, -0.2) is 18.0 Å². The van der Waals surface area contributed by atoms with Gasteiger partial charge in [-0.2, -0.15) is 0 Å². The molecule has 96 valence electrons. The average Bonchev–Trinajstić information content (AvgIpc) is 2.71. The monoisotopic (exact) mass is 333 g/mol. The van der Waals surface area contributed by atoms with Gasteiger partial charge in [0, 0.05) is 17.2 Å². The highest BCUT2D eigenvalue weighted by molar-refractivity contribution is 9.10. The van der Waals surface area contributed by atoms with Gasteiger partial charge in [0.1, 0.15) is 5.82 Å². The minimum atomic E-state index is -3.81. The highest BCUT2D eigenvalue weighted by atomic mass is 79.9. The number of nitrogens with two attached hydrogens (primary N) is 1. The summed E-state index contributed by atoms with van der Waals surface area (Å²) in [5.41, 5.74) is 0.674. The van der Waals surface area contributed by atoms with E-state index in [-0.39, 0.29) is 10.8 Å². The summed E-state index contributed by atoms with van der Waals surface area (Å²) in [6, 6.07) is 4.28. The van der Waals surface area contributed by atoms with Crippen molar-refractivity contribution in [1.29, 1.82) is 0 Å². The quantitative estimate of drug-likeness (QED) is 0.924. The Morgan fingerprint density at radius 3 is 2.78 bits per heavy atom. The number of benzene rings is 1. The summed E-state index contributed by atoms with van der Waals surface area (Å²) in [6.07, 6.45) is 2.63. The Hall–Kier alpha value is -1.25. The minimum absolute atomic E-state index is 0.213. The first-order valence-electron chi connectivity index (χ1n) is 4.85. The Bertz CT molecular complexity index is 684. The molecule has 0 radical (unpaired) electrons. The third-order valence-electron chi connectivity index (χ3n) is 2.26. The second-order valence-electron chi connectivity index (χ2n) is 3.66. The number of rotatable bonds is 3. The van der Waals surface area contributed by atoms with E-state index in [1.165, 1.54) is 29.2 Å². The van der Waals surface area contributed by atoms with Crippen molar-refractivity contribution >= 4 is 26.0 Å². The standard InChI is InChI=1S/C10H9BrFN3O2S/c11-9-2-1-8(12)3-7(9)4-15-5-10(14-6-15)18(13,16)17/h1-3,5-6H,4H2,(H2,13,16,17). The fraction of sp³-hybridized carbons (Fsp3) is 0.100. The van der Waals surface area contributed by atoms with Crippen LogP contribution in [0.3, 0.4) is 0 Å². The summed E-state index contributed by atoms with van der Waals surface area (Å²) >= 11 is 3.29. The Labute approximate surface area is 112 Å². The molecule has 1 aromatic carbocycles. The van der Waals surface area contributed by atoms with Gasteiger partial charge in [0.05, 0.1) is 6.33 Å². The highest BCUT2D eigenvalue weighted by Gasteiger charge is 2.12. The number of aromatic nitrogens is 2. The minimum Gasteiger partial charge on any atom is -0.332 e. The van der Waals surface area contributed by atoms with Gasteiger partial charge in [-0.05, 0) is 23.8 Å². The average molecular weight is 334 g/mol. The molecular formula is C10H9BrFN3O2S. The second kappa shape index (κ2) is 4.79. The molecular weight excluding hydrogens is 325 g/mol. The summed E-state index contributed by atoms with van der Waals surface area (Å²) < 4.78 is 37.4. The largest absolute Gasteiger partial charge is 0.332 e. The molecule has 0 fully saturated rings. The molecule has 5 nitrogen and oxygen atoms in total. The molecule has 1 heterocycles. The maximum atomic E-state index is 13.1. The summed E-state index contributed by atoms with van der Waals surface area (Å²) in [5, 5.41) is 4.73. The van der Waals surface area contributed by atoms with Gasteiger partial charge in [-0.3, -0.25) is 0 Å². The molecule has 0 aliphatic carbocycles. The third-order valence-corrected chi connectivity index (χ3v) is 3.83. The molecule has 0 saturated heterocycles. The van der Waals surface area contributed by atoms with Crippen LogP contribution in [0.5, 0.6) is 0 Å². The number of hydrogen-bond acceptors (Lipinski definition) is 3. The van der Waals surface area contributed by atoms with Gasteiger partial charge in [-0.25, -0.2) is 22.9 Å². The molecule has 0 saturated carbocycles. The fourth-order valence-electron chi connectivity index (χ4n) is 1.43. The highest BCUT2D eigenvalue weighted by Crippen LogP contribution is 2.19. The fourth-order valence-corrected chi connectivity index (χ4v) is 2.28. The lowest BCUT2D eigenvalue weighted by molar-refractivity contribution is 0.594. The van der Waals surface area contributed by atoms with Crippen LogP contribution in [0.4, 0.5) is 4.39 Å². The number of hydrogen-bond donors (Lipinski definition) is 1. The molecule has 0 aliphatic heterocycles. The van der Waals surface area contributed by atoms with Crippen LogP contribution in [0.1, 0.15) is 5.56 Å². The number of sulfonamides is 1. The lowest BCUT2D eigenvalue weighted by atomic mass is 10.2. The molecule has 2 aromatic rings. The van der Waals surface area contributed by atoms with Gasteiger partial charge in [-0.1, -0.05) is 15.9 Å². The van der Waals surface area contributed by atoms with Gasteiger partial charge >= 0.3 is 0 Å². The summed E-state index contributed by atoms with van der Waals surface area (Å²) in [6.45, 7) is 0.293. The molecule has 18 heavy (non-hydrogen) atoms. The lowest BCUT2D eigenvalue weighted by Gasteiger charge is -2.05. The molecule has 0 atom stereocenters. The predicted octanol–water partition coefficient (Wildman–Crippen LogP) is 1.48. The first-order valence-corrected chi connectivity index (χ1v) is 7.19. The van der Waals surface area contributed by atoms with Crippen LogP contribution in [0.25, 0.3) is 0 Å². The van der Waals surface area contributed by atoms with E-state index in [0.29, 0.717) is 12.1 Å². The Kier molecular flexibility index (Phi) is 3.51. The van der Waals surface area contributed by atoms with E-state index in [0.717, 1.165) is 4.47 Å². The predicted molar refractivity (Wildman–Crippen MR) is 66.8 cm³/mol. The van der Waals surface area contributed by atoms with Gasteiger partial charge in [0.25, 0.3) is 10.0 Å². The zero-order valence-corrected chi connectivity index (χ0v) is 11.4. The summed E-state index contributed by atoms with van der Waals surface area (Å²) in [5.74, 6) is -0.361. The van der Waals surface area contributed by atoms with Crippen molar-refractivity contribution in [2.24, 2.45) is 5.14 Å². The molecule has 8 heteroatoms. The second-order valence-corrected chi connectivity index (χ2v) is 6.03. The topological polar surface area (TPSA) is 78.0 Å². The third kappa shape index (κ3) is 2.95. The smallest absolute Gasteiger partial charge is 0.257 e. The zero-order valence-electron chi connectivity index (χ0n) is 9.05. The summed E-state index contributed by atoms with van der Waals surface area (Å²) in [4.78, 5) is 3.68. The van der Waals surface area contributed by atoms with E-state index in [1.807, 2.05) is 0 Å². The van der Waals surface area contributed by atoms with E-state index in [2.05, 4.69) is 20.9 Å². The van der Waals surface area contributed by atoms with Crippen LogP contribution in [0.2, 0.25) is 0 Å². The van der Waals surface area contributed by atoms with E-state index >= 15 is 0 Å². The first kappa shape index (κ1) is 13.2. The summed E-state index contributed by atoms with van der Waals surface area (Å²) in [7, 11) is -3.81. The van der Waals surface area contributed by atoms with Crippen LogP contribution >= 0.6 is 15.9 Å². The molecule has 0 bridgehead atoms. The lowest BCUT2D eigenvalue weighted by Crippen LogP contribution is -2.12. The van der Waals surface area contributed by atoms with Crippen molar-refractivity contribution in [3.63, 3.8) is 0 Å². The normalized spacial score (nSPS) is 11.7. The van der Waals surface area contributed by atoms with E-state index < -0.39 is 10.0 Å². The maximum absolute atomic E-state index is 13.1. The number of imidazole rings is 1.